The summed E-state index contributed by atoms with van der Waals surface area (Å²) in [7, 11) is 0. The number of amides is 3. The smallest absolute Gasteiger partial charge is 0.339 e. The van der Waals surface area contributed by atoms with Crippen molar-refractivity contribution < 1.29 is 28.6 Å². The number of hydrogen-bond donors (Lipinski definition) is 2. The standard InChI is InChI=1S/C24H25N5O6/c1-4-7-25-24(32)28-21(30)13-35-23(31)16-11-18(27-22-17(16)12-26-29(22)14(2)3)15-5-6-19-20(10-15)34-9-8-33-19/h4-6,10-12,14H,1,7-9,13H2,2-3H3,(H2,25,28,30,32). The van der Waals surface area contributed by atoms with Gasteiger partial charge in [0.2, 0.25) is 0 Å². The Balaban J connectivity index is 1.63. The topological polar surface area (TPSA) is 134 Å². The van der Waals surface area contributed by atoms with Crippen LogP contribution in [0.1, 0.15) is 30.2 Å². The molecule has 0 atom stereocenters. The van der Waals surface area contributed by atoms with Crippen molar-refractivity contribution in [1.82, 2.24) is 25.4 Å². The number of urea groups is 1. The minimum Gasteiger partial charge on any atom is -0.486 e. The SMILES string of the molecule is C=CCNC(=O)NC(=O)COC(=O)c1cc(-c2ccc3c(c2)OCCO3)nc2c1cnn2C(C)C. The van der Waals surface area contributed by atoms with Gasteiger partial charge in [0.05, 0.1) is 22.8 Å². The number of esters is 1. The number of carbonyl (C=O) groups is 3. The van der Waals surface area contributed by atoms with E-state index in [1.54, 1.807) is 22.9 Å². The van der Waals surface area contributed by atoms with E-state index in [2.05, 4.69) is 22.3 Å². The average Bonchev–Trinajstić information content (AvgIpc) is 3.29. The molecule has 35 heavy (non-hydrogen) atoms. The molecule has 11 nitrogen and oxygen atoms in total. The van der Waals surface area contributed by atoms with Crippen molar-refractivity contribution in [2.24, 2.45) is 0 Å². The van der Waals surface area contributed by atoms with E-state index in [0.717, 1.165) is 0 Å². The predicted molar refractivity (Wildman–Crippen MR) is 126 cm³/mol. The molecule has 0 bridgehead atoms. The third-order valence-electron chi connectivity index (χ3n) is 5.11. The van der Waals surface area contributed by atoms with Crippen LogP contribution in [0, 0.1) is 0 Å². The lowest BCUT2D eigenvalue weighted by Gasteiger charge is -2.19. The number of nitrogens with zero attached hydrogens (tertiary/aromatic N) is 3. The second-order valence-corrected chi connectivity index (χ2v) is 7.96. The van der Waals surface area contributed by atoms with Gasteiger partial charge in [-0.05, 0) is 38.1 Å². The number of pyridine rings is 1. The summed E-state index contributed by atoms with van der Waals surface area (Å²) in [6.07, 6.45) is 3.00. The Morgan fingerprint density at radius 1 is 1.20 bits per heavy atom. The maximum Gasteiger partial charge on any atom is 0.339 e. The van der Waals surface area contributed by atoms with Gasteiger partial charge >= 0.3 is 12.0 Å². The van der Waals surface area contributed by atoms with Crippen molar-refractivity contribution in [3.05, 3.63) is 48.7 Å². The molecule has 1 aliphatic heterocycles. The fourth-order valence-corrected chi connectivity index (χ4v) is 3.50. The van der Waals surface area contributed by atoms with Gasteiger partial charge in [-0.2, -0.15) is 5.10 Å². The van der Waals surface area contributed by atoms with Crippen LogP contribution < -0.4 is 20.1 Å². The van der Waals surface area contributed by atoms with Gasteiger partial charge in [-0.1, -0.05) is 6.08 Å². The first-order chi connectivity index (χ1) is 16.9. The van der Waals surface area contributed by atoms with E-state index in [4.69, 9.17) is 19.2 Å². The van der Waals surface area contributed by atoms with Crippen LogP contribution in [0.5, 0.6) is 11.5 Å². The van der Waals surface area contributed by atoms with Crippen molar-refractivity contribution in [2.45, 2.75) is 19.9 Å². The highest BCUT2D eigenvalue weighted by Gasteiger charge is 2.22. The molecular formula is C24H25N5O6. The normalized spacial score (nSPS) is 12.3. The van der Waals surface area contributed by atoms with Crippen molar-refractivity contribution in [3.63, 3.8) is 0 Å². The minimum absolute atomic E-state index is 0.0146. The molecule has 2 aromatic heterocycles. The molecule has 182 valence electrons. The molecule has 0 unspecified atom stereocenters. The second-order valence-electron chi connectivity index (χ2n) is 7.96. The first-order valence-electron chi connectivity index (χ1n) is 11.0. The lowest BCUT2D eigenvalue weighted by atomic mass is 10.1. The molecule has 0 saturated carbocycles. The summed E-state index contributed by atoms with van der Waals surface area (Å²) in [5.41, 5.74) is 1.89. The lowest BCUT2D eigenvalue weighted by molar-refractivity contribution is -0.123. The predicted octanol–water partition coefficient (Wildman–Crippen LogP) is 2.62. The number of ether oxygens (including phenoxy) is 3. The Morgan fingerprint density at radius 2 is 1.97 bits per heavy atom. The first kappa shape index (κ1) is 23.7. The zero-order valence-electron chi connectivity index (χ0n) is 19.4. The number of aromatic nitrogens is 3. The largest absolute Gasteiger partial charge is 0.486 e. The Morgan fingerprint density at radius 3 is 2.71 bits per heavy atom. The molecule has 3 heterocycles. The molecular weight excluding hydrogens is 454 g/mol. The molecule has 3 aromatic rings. The molecule has 0 radical (unpaired) electrons. The van der Waals surface area contributed by atoms with Crippen LogP contribution in [0.25, 0.3) is 22.3 Å². The van der Waals surface area contributed by atoms with Gasteiger partial charge in [0.15, 0.2) is 23.8 Å². The summed E-state index contributed by atoms with van der Waals surface area (Å²) in [5, 5.41) is 9.32. The molecule has 2 N–H and O–H groups in total. The van der Waals surface area contributed by atoms with E-state index >= 15 is 0 Å². The van der Waals surface area contributed by atoms with Crippen molar-refractivity contribution in [2.75, 3.05) is 26.4 Å². The van der Waals surface area contributed by atoms with Gasteiger partial charge in [-0.25, -0.2) is 19.3 Å². The quantitative estimate of drug-likeness (QED) is 0.390. The Kier molecular flexibility index (Phi) is 6.95. The fraction of sp³-hybridized carbons (Fsp3) is 0.292. The highest BCUT2D eigenvalue weighted by Crippen LogP contribution is 2.35. The van der Waals surface area contributed by atoms with Crippen LogP contribution in [0.15, 0.2) is 43.1 Å². The van der Waals surface area contributed by atoms with Crippen molar-refractivity contribution in [1.29, 1.82) is 0 Å². The lowest BCUT2D eigenvalue weighted by Crippen LogP contribution is -2.41. The fourth-order valence-electron chi connectivity index (χ4n) is 3.50. The van der Waals surface area contributed by atoms with E-state index in [9.17, 15) is 14.4 Å². The summed E-state index contributed by atoms with van der Waals surface area (Å²) in [5.74, 6) is -0.295. The molecule has 1 aromatic carbocycles. The number of rotatable bonds is 7. The third kappa shape index (κ3) is 5.24. The van der Waals surface area contributed by atoms with Gasteiger partial charge < -0.3 is 19.5 Å². The number of imide groups is 1. The van der Waals surface area contributed by atoms with E-state index in [0.29, 0.717) is 47.0 Å². The van der Waals surface area contributed by atoms with E-state index in [1.807, 2.05) is 19.9 Å². The summed E-state index contributed by atoms with van der Waals surface area (Å²) in [6.45, 7) is 7.84. The highest BCUT2D eigenvalue weighted by molar-refractivity contribution is 6.05. The molecule has 11 heteroatoms. The molecule has 0 spiro atoms. The summed E-state index contributed by atoms with van der Waals surface area (Å²) in [6, 6.07) is 6.26. The van der Waals surface area contributed by atoms with Crippen LogP contribution in [0.4, 0.5) is 4.79 Å². The molecule has 0 aliphatic carbocycles. The van der Waals surface area contributed by atoms with Gasteiger partial charge in [0, 0.05) is 18.2 Å². The second kappa shape index (κ2) is 10.2. The monoisotopic (exact) mass is 479 g/mol. The van der Waals surface area contributed by atoms with Gasteiger partial charge in [0.1, 0.15) is 13.2 Å². The molecule has 1 aliphatic rings. The Hall–Kier alpha value is -4.41. The third-order valence-corrected chi connectivity index (χ3v) is 5.11. The first-order valence-corrected chi connectivity index (χ1v) is 11.0. The zero-order valence-corrected chi connectivity index (χ0v) is 19.4. The molecule has 4 rings (SSSR count). The zero-order chi connectivity index (χ0) is 24.9. The van der Waals surface area contributed by atoms with E-state index < -0.39 is 24.5 Å². The van der Waals surface area contributed by atoms with Gasteiger partial charge in [-0.3, -0.25) is 10.1 Å². The van der Waals surface area contributed by atoms with Crippen molar-refractivity contribution >= 4 is 28.9 Å². The number of nitrogens with one attached hydrogen (secondary N) is 2. The molecule has 3 amide bonds. The maximum absolute atomic E-state index is 13.0. The Labute approximate surface area is 201 Å². The van der Waals surface area contributed by atoms with Crippen LogP contribution >= 0.6 is 0 Å². The number of carbonyl (C=O) groups excluding carboxylic acids is 3. The summed E-state index contributed by atoms with van der Waals surface area (Å²) >= 11 is 0. The minimum atomic E-state index is -0.768. The Bertz CT molecular complexity index is 1300. The summed E-state index contributed by atoms with van der Waals surface area (Å²) in [4.78, 5) is 41.3. The maximum atomic E-state index is 13.0. The van der Waals surface area contributed by atoms with Crippen LogP contribution in [-0.2, 0) is 9.53 Å². The van der Waals surface area contributed by atoms with E-state index in [1.165, 1.54) is 12.3 Å². The van der Waals surface area contributed by atoms with E-state index in [-0.39, 0.29) is 18.2 Å². The molecule has 0 fully saturated rings. The van der Waals surface area contributed by atoms with Crippen LogP contribution in [0.3, 0.4) is 0 Å². The molecule has 0 saturated heterocycles. The van der Waals surface area contributed by atoms with Gasteiger partial charge in [-0.15, -0.1) is 6.58 Å². The average molecular weight is 479 g/mol. The number of hydrogen-bond acceptors (Lipinski definition) is 8. The highest BCUT2D eigenvalue weighted by atomic mass is 16.6. The number of fused-ring (bicyclic) bond motifs is 2. The van der Waals surface area contributed by atoms with Gasteiger partial charge in [0.25, 0.3) is 5.91 Å². The van der Waals surface area contributed by atoms with Crippen molar-refractivity contribution in [3.8, 4) is 22.8 Å². The van der Waals surface area contributed by atoms with Crippen LogP contribution in [0.2, 0.25) is 0 Å². The number of benzene rings is 1. The summed E-state index contributed by atoms with van der Waals surface area (Å²) < 4.78 is 18.2. The van der Waals surface area contributed by atoms with Crippen LogP contribution in [-0.4, -0.2) is 59.0 Å².